The van der Waals surface area contributed by atoms with Crippen molar-refractivity contribution >= 4 is 16.7 Å². The Hall–Kier alpha value is -2.68. The number of hydrogen-bond donors (Lipinski definition) is 1. The van der Waals surface area contributed by atoms with Crippen molar-refractivity contribution < 1.29 is 18.0 Å². The lowest BCUT2D eigenvalue weighted by molar-refractivity contribution is 0.0326. The summed E-state index contributed by atoms with van der Waals surface area (Å²) < 4.78 is 37.9. The Morgan fingerprint density at radius 1 is 1.20 bits per heavy atom. The molecule has 2 aromatic heterocycles. The second kappa shape index (κ2) is 6.32. The van der Waals surface area contributed by atoms with Gasteiger partial charge in [0, 0.05) is 18.0 Å². The van der Waals surface area contributed by atoms with E-state index in [0.717, 1.165) is 25.0 Å². The molecule has 130 valence electrons. The fraction of sp³-hybridized carbons (Fsp3) is 0.375. The van der Waals surface area contributed by atoms with E-state index in [-0.39, 0.29) is 12.2 Å². The van der Waals surface area contributed by atoms with Crippen LogP contribution in [-0.2, 0) is 4.74 Å². The topological polar surface area (TPSA) is 86.0 Å². The van der Waals surface area contributed by atoms with Crippen LogP contribution in [0.4, 0.5) is 14.6 Å². The zero-order chi connectivity index (χ0) is 17.4. The largest absolute Gasteiger partial charge is 0.367 e. The average Bonchev–Trinajstić information content (AvgIpc) is 3.23. The second-order valence-electron chi connectivity index (χ2n) is 5.89. The molecule has 4 rings (SSSR count). The van der Waals surface area contributed by atoms with E-state index in [1.165, 1.54) is 6.33 Å². The normalized spacial score (nSPS) is 20.3. The zero-order valence-corrected chi connectivity index (χ0v) is 13.4. The van der Waals surface area contributed by atoms with E-state index >= 15 is 0 Å². The number of aryl methyl sites for hydroxylation is 1. The number of rotatable bonds is 4. The summed E-state index contributed by atoms with van der Waals surface area (Å²) in [4.78, 5) is 12.3. The fourth-order valence-electron chi connectivity index (χ4n) is 2.88. The van der Waals surface area contributed by atoms with Gasteiger partial charge in [-0.3, -0.25) is 0 Å². The molecule has 3 aromatic rings. The number of hydrogen-bond acceptors (Lipinski definition) is 7. The molecule has 1 saturated heterocycles. The second-order valence-corrected chi connectivity index (χ2v) is 5.89. The molecule has 1 N–H and O–H groups in total. The predicted molar refractivity (Wildman–Crippen MR) is 83.8 cm³/mol. The van der Waals surface area contributed by atoms with Gasteiger partial charge in [-0.1, -0.05) is 5.16 Å². The number of benzene rings is 1. The third-order valence-electron chi connectivity index (χ3n) is 4.10. The van der Waals surface area contributed by atoms with Gasteiger partial charge < -0.3 is 14.6 Å². The van der Waals surface area contributed by atoms with E-state index in [4.69, 9.17) is 9.26 Å². The molecule has 0 bridgehead atoms. The van der Waals surface area contributed by atoms with Gasteiger partial charge in [0.2, 0.25) is 0 Å². The van der Waals surface area contributed by atoms with Crippen LogP contribution in [0.5, 0.6) is 0 Å². The van der Waals surface area contributed by atoms with Crippen LogP contribution in [0.2, 0.25) is 0 Å². The van der Waals surface area contributed by atoms with Gasteiger partial charge in [0.25, 0.3) is 5.89 Å². The van der Waals surface area contributed by atoms with E-state index in [9.17, 15) is 8.78 Å². The SMILES string of the molecule is Cc1noc([C@@H]2CC[C@H](CNc3ncnc4cc(F)c(F)cc34)O2)n1. The first-order valence-electron chi connectivity index (χ1n) is 7.89. The van der Waals surface area contributed by atoms with Crippen molar-refractivity contribution in [3.63, 3.8) is 0 Å². The molecule has 1 aromatic carbocycles. The van der Waals surface area contributed by atoms with Gasteiger partial charge in [0.15, 0.2) is 17.5 Å². The van der Waals surface area contributed by atoms with Crippen LogP contribution in [0, 0.1) is 18.6 Å². The quantitative estimate of drug-likeness (QED) is 0.776. The van der Waals surface area contributed by atoms with Crippen molar-refractivity contribution in [2.45, 2.75) is 32.0 Å². The number of nitrogens with zero attached hydrogens (tertiary/aromatic N) is 4. The van der Waals surface area contributed by atoms with Crippen LogP contribution in [0.3, 0.4) is 0 Å². The van der Waals surface area contributed by atoms with Crippen LogP contribution < -0.4 is 5.32 Å². The van der Waals surface area contributed by atoms with Gasteiger partial charge in [-0.05, 0) is 25.8 Å². The van der Waals surface area contributed by atoms with Crippen molar-refractivity contribution in [1.29, 1.82) is 0 Å². The first-order chi connectivity index (χ1) is 12.1. The lowest BCUT2D eigenvalue weighted by Gasteiger charge is -2.14. The minimum Gasteiger partial charge on any atom is -0.367 e. The standard InChI is InChI=1S/C16H15F2N5O2/c1-8-22-16(25-23-8)14-3-2-9(24-14)6-19-15-10-4-11(17)12(18)5-13(10)20-7-21-15/h4-5,7,9,14H,2-3,6H2,1H3,(H,19,20,21)/t9-,14+/m1/s1. The van der Waals surface area contributed by atoms with Crippen molar-refractivity contribution in [3.05, 3.63) is 41.8 Å². The van der Waals surface area contributed by atoms with Crippen LogP contribution >= 0.6 is 0 Å². The van der Waals surface area contributed by atoms with E-state index in [1.807, 2.05) is 0 Å². The summed E-state index contributed by atoms with van der Waals surface area (Å²) in [5.41, 5.74) is 0.336. The number of ether oxygens (including phenoxy) is 1. The summed E-state index contributed by atoms with van der Waals surface area (Å²) in [5, 5.41) is 7.31. The fourth-order valence-corrected chi connectivity index (χ4v) is 2.88. The summed E-state index contributed by atoms with van der Waals surface area (Å²) in [5.74, 6) is -0.389. The molecule has 1 fully saturated rings. The summed E-state index contributed by atoms with van der Waals surface area (Å²) in [6.07, 6.45) is 2.60. The van der Waals surface area contributed by atoms with Crippen LogP contribution in [0.25, 0.3) is 10.9 Å². The Morgan fingerprint density at radius 3 is 2.84 bits per heavy atom. The molecule has 0 radical (unpaired) electrons. The summed E-state index contributed by atoms with van der Waals surface area (Å²) >= 11 is 0. The maximum Gasteiger partial charge on any atom is 0.255 e. The third kappa shape index (κ3) is 3.14. The van der Waals surface area contributed by atoms with Crippen LogP contribution in [0.15, 0.2) is 23.0 Å². The monoisotopic (exact) mass is 347 g/mol. The van der Waals surface area contributed by atoms with Gasteiger partial charge in [-0.15, -0.1) is 0 Å². The number of nitrogens with one attached hydrogen (secondary N) is 1. The molecule has 0 amide bonds. The Morgan fingerprint density at radius 2 is 2.04 bits per heavy atom. The van der Waals surface area contributed by atoms with Crippen molar-refractivity contribution in [3.8, 4) is 0 Å². The van der Waals surface area contributed by atoms with Crippen molar-refractivity contribution in [2.24, 2.45) is 0 Å². The maximum atomic E-state index is 13.5. The molecule has 0 saturated carbocycles. The van der Waals surface area contributed by atoms with E-state index in [1.54, 1.807) is 6.92 Å². The number of aromatic nitrogens is 4. The third-order valence-corrected chi connectivity index (χ3v) is 4.10. The molecule has 7 nitrogen and oxygen atoms in total. The molecule has 1 aliphatic rings. The Kier molecular flexibility index (Phi) is 4.00. The molecule has 0 aliphatic carbocycles. The smallest absolute Gasteiger partial charge is 0.255 e. The van der Waals surface area contributed by atoms with Gasteiger partial charge in [0.05, 0.1) is 11.6 Å². The number of halogens is 2. The lowest BCUT2D eigenvalue weighted by Crippen LogP contribution is -2.19. The van der Waals surface area contributed by atoms with Gasteiger partial charge in [-0.25, -0.2) is 18.7 Å². The predicted octanol–water partition coefficient (Wildman–Crippen LogP) is 2.93. The van der Waals surface area contributed by atoms with Gasteiger partial charge in [0.1, 0.15) is 18.2 Å². The summed E-state index contributed by atoms with van der Waals surface area (Å²) in [6, 6.07) is 2.14. The molecule has 0 unspecified atom stereocenters. The summed E-state index contributed by atoms with van der Waals surface area (Å²) in [6.45, 7) is 2.22. The average molecular weight is 347 g/mol. The van der Waals surface area contributed by atoms with E-state index in [2.05, 4.69) is 25.4 Å². The summed E-state index contributed by atoms with van der Waals surface area (Å²) in [7, 11) is 0. The highest BCUT2D eigenvalue weighted by Crippen LogP contribution is 2.32. The van der Waals surface area contributed by atoms with Crippen LogP contribution in [0.1, 0.15) is 30.7 Å². The lowest BCUT2D eigenvalue weighted by atomic mass is 10.2. The van der Waals surface area contributed by atoms with E-state index < -0.39 is 11.6 Å². The highest BCUT2D eigenvalue weighted by Gasteiger charge is 2.30. The molecule has 2 atom stereocenters. The van der Waals surface area contributed by atoms with Crippen LogP contribution in [-0.4, -0.2) is 32.8 Å². The number of fused-ring (bicyclic) bond motifs is 1. The maximum absolute atomic E-state index is 13.5. The van der Waals surface area contributed by atoms with Crippen molar-refractivity contribution in [2.75, 3.05) is 11.9 Å². The minimum absolute atomic E-state index is 0.0764. The molecule has 3 heterocycles. The van der Waals surface area contributed by atoms with E-state index in [0.29, 0.717) is 35.0 Å². The van der Waals surface area contributed by atoms with Crippen molar-refractivity contribution in [1.82, 2.24) is 20.1 Å². The molecular weight excluding hydrogens is 332 g/mol. The van der Waals surface area contributed by atoms with Gasteiger partial charge in [-0.2, -0.15) is 4.98 Å². The molecule has 9 heteroatoms. The van der Waals surface area contributed by atoms with Gasteiger partial charge >= 0.3 is 0 Å². The minimum atomic E-state index is -0.936. The molecule has 25 heavy (non-hydrogen) atoms. The molecule has 1 aliphatic heterocycles. The Bertz CT molecular complexity index is 917. The molecular formula is C16H15F2N5O2. The Balaban J connectivity index is 1.45. The highest BCUT2D eigenvalue weighted by atomic mass is 19.2. The number of anilines is 1. The zero-order valence-electron chi connectivity index (χ0n) is 13.4. The first-order valence-corrected chi connectivity index (χ1v) is 7.89. The highest BCUT2D eigenvalue weighted by molar-refractivity contribution is 5.88. The molecule has 0 spiro atoms. The first kappa shape index (κ1) is 15.8. The Labute approximate surface area is 141 Å².